The van der Waals surface area contributed by atoms with Crippen molar-refractivity contribution in [3.8, 4) is 5.75 Å². The first-order valence-corrected chi connectivity index (χ1v) is 5.06. The van der Waals surface area contributed by atoms with Crippen LogP contribution in [0.2, 0.25) is 0 Å². The second-order valence-corrected chi connectivity index (χ2v) is 3.19. The predicted octanol–water partition coefficient (Wildman–Crippen LogP) is 0.826. The van der Waals surface area contributed by atoms with E-state index in [0.717, 1.165) is 5.56 Å². The van der Waals surface area contributed by atoms with E-state index < -0.39 is 0 Å². The van der Waals surface area contributed by atoms with Crippen LogP contribution >= 0.6 is 0 Å². The van der Waals surface area contributed by atoms with Crippen molar-refractivity contribution in [1.29, 1.82) is 0 Å². The van der Waals surface area contributed by atoms with Gasteiger partial charge in [-0.25, -0.2) is 0 Å². The van der Waals surface area contributed by atoms with Gasteiger partial charge in [0.1, 0.15) is 5.75 Å². The van der Waals surface area contributed by atoms with E-state index in [2.05, 4.69) is 11.9 Å². The SMILES string of the molecule is C=CCNC(=O)COc1ccccc1CN. The van der Waals surface area contributed by atoms with Crippen molar-refractivity contribution in [2.24, 2.45) is 5.73 Å². The Labute approximate surface area is 95.1 Å². The van der Waals surface area contributed by atoms with E-state index in [1.165, 1.54) is 0 Å². The first kappa shape index (κ1) is 12.3. The van der Waals surface area contributed by atoms with Gasteiger partial charge in [-0.3, -0.25) is 4.79 Å². The highest BCUT2D eigenvalue weighted by molar-refractivity contribution is 5.77. The zero-order valence-corrected chi connectivity index (χ0v) is 9.11. The van der Waals surface area contributed by atoms with E-state index in [4.69, 9.17) is 10.5 Å². The molecule has 86 valence electrons. The summed E-state index contributed by atoms with van der Waals surface area (Å²) in [6, 6.07) is 7.39. The second-order valence-electron chi connectivity index (χ2n) is 3.19. The monoisotopic (exact) mass is 220 g/mol. The zero-order valence-electron chi connectivity index (χ0n) is 9.11. The Balaban J connectivity index is 2.47. The molecule has 0 spiro atoms. The molecule has 1 aromatic rings. The van der Waals surface area contributed by atoms with E-state index in [1.54, 1.807) is 12.1 Å². The van der Waals surface area contributed by atoms with Gasteiger partial charge in [0, 0.05) is 18.7 Å². The van der Waals surface area contributed by atoms with Crippen molar-refractivity contribution in [2.45, 2.75) is 6.54 Å². The van der Waals surface area contributed by atoms with Crippen molar-refractivity contribution in [3.05, 3.63) is 42.5 Å². The van der Waals surface area contributed by atoms with Crippen LogP contribution in [-0.4, -0.2) is 19.1 Å². The lowest BCUT2D eigenvalue weighted by Crippen LogP contribution is -2.29. The molecule has 0 fully saturated rings. The third kappa shape index (κ3) is 3.74. The Morgan fingerprint density at radius 1 is 1.50 bits per heavy atom. The topological polar surface area (TPSA) is 64.3 Å². The number of hydrogen-bond donors (Lipinski definition) is 2. The first-order chi connectivity index (χ1) is 7.77. The van der Waals surface area contributed by atoms with Crippen LogP contribution in [0, 0.1) is 0 Å². The Kier molecular flexibility index (Phi) is 5.08. The van der Waals surface area contributed by atoms with Gasteiger partial charge in [0.05, 0.1) is 0 Å². The summed E-state index contributed by atoms with van der Waals surface area (Å²) < 4.78 is 5.36. The van der Waals surface area contributed by atoms with Crippen LogP contribution in [0.15, 0.2) is 36.9 Å². The molecule has 0 unspecified atom stereocenters. The molecule has 0 bridgehead atoms. The average Bonchev–Trinajstić information content (AvgIpc) is 2.34. The standard InChI is InChI=1S/C12H16N2O2/c1-2-7-14-12(15)9-16-11-6-4-3-5-10(11)8-13/h2-6H,1,7-9,13H2,(H,14,15). The molecule has 0 atom stereocenters. The van der Waals surface area contributed by atoms with Crippen LogP contribution in [0.25, 0.3) is 0 Å². The van der Waals surface area contributed by atoms with Crippen LogP contribution in [0.3, 0.4) is 0 Å². The maximum Gasteiger partial charge on any atom is 0.258 e. The van der Waals surface area contributed by atoms with Crippen molar-refractivity contribution in [3.63, 3.8) is 0 Å². The summed E-state index contributed by atoms with van der Waals surface area (Å²) in [4.78, 5) is 11.3. The number of carbonyl (C=O) groups excluding carboxylic acids is 1. The van der Waals surface area contributed by atoms with E-state index in [9.17, 15) is 4.79 Å². The number of hydrogen-bond acceptors (Lipinski definition) is 3. The molecule has 1 rings (SSSR count). The van der Waals surface area contributed by atoms with E-state index >= 15 is 0 Å². The Morgan fingerprint density at radius 2 is 2.25 bits per heavy atom. The predicted molar refractivity (Wildman–Crippen MR) is 63.0 cm³/mol. The summed E-state index contributed by atoms with van der Waals surface area (Å²) in [6.07, 6.45) is 1.62. The van der Waals surface area contributed by atoms with E-state index in [1.807, 2.05) is 18.2 Å². The summed E-state index contributed by atoms with van der Waals surface area (Å²) in [5, 5.41) is 2.63. The lowest BCUT2D eigenvalue weighted by Gasteiger charge is -2.09. The van der Waals surface area contributed by atoms with Gasteiger partial charge >= 0.3 is 0 Å². The van der Waals surface area contributed by atoms with Gasteiger partial charge in [-0.05, 0) is 6.07 Å². The number of amides is 1. The van der Waals surface area contributed by atoms with Crippen molar-refractivity contribution >= 4 is 5.91 Å². The quantitative estimate of drug-likeness (QED) is 0.698. The molecule has 4 heteroatoms. The second kappa shape index (κ2) is 6.63. The molecule has 3 N–H and O–H groups in total. The summed E-state index contributed by atoms with van der Waals surface area (Å²) >= 11 is 0. The minimum absolute atomic E-state index is 0.00907. The number of rotatable bonds is 6. The van der Waals surface area contributed by atoms with Gasteiger partial charge in [-0.1, -0.05) is 24.3 Å². The maximum absolute atomic E-state index is 11.3. The first-order valence-electron chi connectivity index (χ1n) is 5.06. The molecule has 0 saturated carbocycles. The molecule has 0 radical (unpaired) electrons. The third-order valence-electron chi connectivity index (χ3n) is 1.99. The molecule has 0 aliphatic carbocycles. The summed E-state index contributed by atoms with van der Waals surface area (Å²) in [5.41, 5.74) is 6.43. The average molecular weight is 220 g/mol. The summed E-state index contributed by atoms with van der Waals surface area (Å²) in [7, 11) is 0. The highest BCUT2D eigenvalue weighted by atomic mass is 16.5. The molecule has 0 aliphatic heterocycles. The van der Waals surface area contributed by atoms with Gasteiger partial charge in [-0.2, -0.15) is 0 Å². The molecule has 0 aliphatic rings. The lowest BCUT2D eigenvalue weighted by molar-refractivity contribution is -0.122. The van der Waals surface area contributed by atoms with Crippen molar-refractivity contribution < 1.29 is 9.53 Å². The highest BCUT2D eigenvalue weighted by Crippen LogP contribution is 2.16. The van der Waals surface area contributed by atoms with Crippen LogP contribution in [0.5, 0.6) is 5.75 Å². The van der Waals surface area contributed by atoms with Gasteiger partial charge in [0.15, 0.2) is 6.61 Å². The smallest absolute Gasteiger partial charge is 0.258 e. The van der Waals surface area contributed by atoms with Crippen LogP contribution < -0.4 is 15.8 Å². The van der Waals surface area contributed by atoms with Crippen molar-refractivity contribution in [1.82, 2.24) is 5.32 Å². The van der Waals surface area contributed by atoms with Gasteiger partial charge in [0.2, 0.25) is 0 Å². The number of benzene rings is 1. The molecule has 0 aromatic heterocycles. The van der Waals surface area contributed by atoms with Crippen LogP contribution in [0.4, 0.5) is 0 Å². The molecule has 4 nitrogen and oxygen atoms in total. The normalized spacial score (nSPS) is 9.56. The van der Waals surface area contributed by atoms with Gasteiger partial charge in [0.25, 0.3) is 5.91 Å². The van der Waals surface area contributed by atoms with Crippen LogP contribution in [0.1, 0.15) is 5.56 Å². The summed E-state index contributed by atoms with van der Waals surface area (Å²) in [5.74, 6) is 0.477. The maximum atomic E-state index is 11.3. The Bertz CT molecular complexity index is 364. The fraction of sp³-hybridized carbons (Fsp3) is 0.250. The minimum Gasteiger partial charge on any atom is -0.483 e. The number of nitrogens with two attached hydrogens (primary N) is 1. The zero-order chi connectivity index (χ0) is 11.8. The largest absolute Gasteiger partial charge is 0.483 e. The van der Waals surface area contributed by atoms with Gasteiger partial charge in [-0.15, -0.1) is 6.58 Å². The number of nitrogens with one attached hydrogen (secondary N) is 1. The molecule has 0 heterocycles. The molecule has 16 heavy (non-hydrogen) atoms. The molecular weight excluding hydrogens is 204 g/mol. The van der Waals surface area contributed by atoms with Gasteiger partial charge < -0.3 is 15.8 Å². The minimum atomic E-state index is -0.174. The molecular formula is C12H16N2O2. The summed E-state index contributed by atoms with van der Waals surface area (Å²) in [6.45, 7) is 4.34. The lowest BCUT2D eigenvalue weighted by atomic mass is 10.2. The molecule has 1 aromatic carbocycles. The number of ether oxygens (including phenoxy) is 1. The Morgan fingerprint density at radius 3 is 2.94 bits per heavy atom. The molecule has 1 amide bonds. The van der Waals surface area contributed by atoms with Crippen LogP contribution in [-0.2, 0) is 11.3 Å². The number of para-hydroxylation sites is 1. The fourth-order valence-electron chi connectivity index (χ4n) is 1.19. The molecule has 0 saturated heterocycles. The van der Waals surface area contributed by atoms with Crippen molar-refractivity contribution in [2.75, 3.05) is 13.2 Å². The fourth-order valence-corrected chi connectivity index (χ4v) is 1.19. The highest BCUT2D eigenvalue weighted by Gasteiger charge is 2.04. The Hall–Kier alpha value is -1.81. The van der Waals surface area contributed by atoms with E-state index in [0.29, 0.717) is 18.8 Å². The number of carbonyl (C=O) groups is 1. The van der Waals surface area contributed by atoms with E-state index in [-0.39, 0.29) is 12.5 Å². The third-order valence-corrected chi connectivity index (χ3v) is 1.99.